The first-order valence-electron chi connectivity index (χ1n) is 11.8. The van der Waals surface area contributed by atoms with E-state index in [0.717, 1.165) is 57.7 Å². The fourth-order valence-electron chi connectivity index (χ4n) is 4.37. The largest absolute Gasteiger partial charge is 0.357 e. The highest BCUT2D eigenvalue weighted by Crippen LogP contribution is 2.29. The van der Waals surface area contributed by atoms with Crippen molar-refractivity contribution < 1.29 is 0 Å². The van der Waals surface area contributed by atoms with Gasteiger partial charge in [0.15, 0.2) is 5.96 Å². The Hall–Kier alpha value is -0.420. The molecule has 1 aromatic rings. The number of aliphatic imine (C=N–C) groups is 1. The third-order valence-corrected chi connectivity index (χ3v) is 7.59. The van der Waals surface area contributed by atoms with E-state index in [-0.39, 0.29) is 24.0 Å². The highest BCUT2D eigenvalue weighted by Gasteiger charge is 2.25. The van der Waals surface area contributed by atoms with E-state index in [1.54, 1.807) is 0 Å². The van der Waals surface area contributed by atoms with Crippen molar-refractivity contribution in [2.24, 2.45) is 10.9 Å². The predicted molar refractivity (Wildman–Crippen MR) is 145 cm³/mol. The lowest BCUT2D eigenvalue weighted by molar-refractivity contribution is 0.122. The molecule has 2 N–H and O–H groups in total. The Bertz CT molecular complexity index is 624. The van der Waals surface area contributed by atoms with Crippen molar-refractivity contribution in [3.8, 4) is 0 Å². The molecule has 3 rings (SSSR count). The molecule has 2 fully saturated rings. The molecule has 6 nitrogen and oxygen atoms in total. The van der Waals surface area contributed by atoms with E-state index >= 15 is 0 Å². The van der Waals surface area contributed by atoms with Crippen LogP contribution in [-0.4, -0.2) is 92.7 Å². The second-order valence-corrected chi connectivity index (χ2v) is 10.0. The first-order valence-corrected chi connectivity index (χ1v) is 12.7. The summed E-state index contributed by atoms with van der Waals surface area (Å²) in [4.78, 5) is 14.0. The van der Waals surface area contributed by atoms with Crippen molar-refractivity contribution in [2.45, 2.75) is 45.7 Å². The van der Waals surface area contributed by atoms with Gasteiger partial charge >= 0.3 is 0 Å². The molecule has 0 aromatic carbocycles. The normalized spacial score (nSPS) is 22.0. The maximum atomic E-state index is 4.94. The lowest BCUT2D eigenvalue weighted by Gasteiger charge is -2.37. The topological polar surface area (TPSA) is 46.1 Å². The number of piperidine rings is 1. The van der Waals surface area contributed by atoms with Crippen molar-refractivity contribution in [3.63, 3.8) is 0 Å². The molecule has 2 aliphatic rings. The molecule has 3 heterocycles. The molecule has 0 spiro atoms. The summed E-state index contributed by atoms with van der Waals surface area (Å²) >= 11 is 1.88. The Balaban J connectivity index is 0.00000341. The third-order valence-electron chi connectivity index (χ3n) is 6.61. The number of nitrogens with zero attached hydrogens (tertiary/aromatic N) is 4. The molecular weight excluding hydrogens is 519 g/mol. The number of halogens is 1. The fraction of sp³-hybridized carbons (Fsp3) is 0.783. The Kier molecular flexibility index (Phi) is 12.1. The summed E-state index contributed by atoms with van der Waals surface area (Å²) in [7, 11) is 2.21. The minimum Gasteiger partial charge on any atom is -0.357 e. The van der Waals surface area contributed by atoms with Gasteiger partial charge in [-0.3, -0.25) is 14.8 Å². The zero-order valence-electron chi connectivity index (χ0n) is 19.8. The highest BCUT2D eigenvalue weighted by atomic mass is 127. The number of hydrogen-bond acceptors (Lipinski definition) is 5. The first-order chi connectivity index (χ1) is 14.6. The van der Waals surface area contributed by atoms with E-state index in [1.165, 1.54) is 30.8 Å². The number of thiophene rings is 1. The molecule has 0 radical (unpaired) electrons. The van der Waals surface area contributed by atoms with Crippen LogP contribution in [0.1, 0.15) is 44.5 Å². The number of nitrogens with one attached hydrogen (secondary N) is 2. The molecular formula is C23H43IN6S. The second kappa shape index (κ2) is 14.0. The zero-order chi connectivity index (χ0) is 21.3. The minimum atomic E-state index is 0. The molecule has 2 saturated heterocycles. The van der Waals surface area contributed by atoms with Gasteiger partial charge in [0, 0.05) is 50.2 Å². The maximum absolute atomic E-state index is 4.94. The van der Waals surface area contributed by atoms with Gasteiger partial charge in [-0.05, 0) is 64.2 Å². The number of likely N-dealkylation sites (tertiary alicyclic amines) is 1. The second-order valence-electron chi connectivity index (χ2n) is 9.04. The summed E-state index contributed by atoms with van der Waals surface area (Å²) in [6.07, 6.45) is 2.61. The molecule has 0 aliphatic carbocycles. The number of hydrogen-bond donors (Lipinski definition) is 2. The molecule has 2 atom stereocenters. The molecule has 178 valence electrons. The van der Waals surface area contributed by atoms with Gasteiger partial charge in [-0.1, -0.05) is 13.0 Å². The predicted octanol–water partition coefficient (Wildman–Crippen LogP) is 3.33. The molecule has 8 heteroatoms. The van der Waals surface area contributed by atoms with Gasteiger partial charge in [0.1, 0.15) is 0 Å². The quantitative estimate of drug-likeness (QED) is 0.289. The number of piperazine rings is 1. The standard InChI is InChI=1S/C23H42N6S.HI/c1-5-24-23(25-17-20(3)28-14-12-27(4)13-15-28)26-18-21(22-7-6-16-30-22)29-10-8-19(2)9-11-29;/h6-7,16,19-21H,5,8-15,17-18H2,1-4H3,(H2,24,25,26);1H. The highest BCUT2D eigenvalue weighted by molar-refractivity contribution is 14.0. The van der Waals surface area contributed by atoms with E-state index in [9.17, 15) is 0 Å². The lowest BCUT2D eigenvalue weighted by atomic mass is 9.97. The smallest absolute Gasteiger partial charge is 0.191 e. The molecule has 0 saturated carbocycles. The Morgan fingerprint density at radius 2 is 1.84 bits per heavy atom. The van der Waals surface area contributed by atoms with Crippen LogP contribution in [0, 0.1) is 5.92 Å². The Morgan fingerprint density at radius 1 is 1.13 bits per heavy atom. The number of guanidine groups is 1. The molecule has 0 bridgehead atoms. The van der Waals surface area contributed by atoms with Crippen LogP contribution in [0.5, 0.6) is 0 Å². The van der Waals surface area contributed by atoms with Crippen LogP contribution in [0.2, 0.25) is 0 Å². The van der Waals surface area contributed by atoms with Gasteiger partial charge in [-0.25, -0.2) is 0 Å². The average Bonchev–Trinajstić information content (AvgIpc) is 3.28. The summed E-state index contributed by atoms with van der Waals surface area (Å²) in [5.74, 6) is 1.80. The summed E-state index contributed by atoms with van der Waals surface area (Å²) in [5.41, 5.74) is 0. The molecule has 31 heavy (non-hydrogen) atoms. The molecule has 2 unspecified atom stereocenters. The monoisotopic (exact) mass is 562 g/mol. The maximum Gasteiger partial charge on any atom is 0.191 e. The molecule has 2 aliphatic heterocycles. The van der Waals surface area contributed by atoms with Crippen molar-refractivity contribution >= 4 is 41.3 Å². The zero-order valence-corrected chi connectivity index (χ0v) is 23.0. The summed E-state index contributed by atoms with van der Waals surface area (Å²) < 4.78 is 0. The SMILES string of the molecule is CCNC(=NCC(C)N1CCN(C)CC1)NCC(c1cccs1)N1CCC(C)CC1.I. The van der Waals surface area contributed by atoms with Gasteiger partial charge < -0.3 is 15.5 Å². The van der Waals surface area contributed by atoms with Crippen LogP contribution in [0.15, 0.2) is 22.5 Å². The van der Waals surface area contributed by atoms with E-state index < -0.39 is 0 Å². The van der Waals surface area contributed by atoms with Gasteiger partial charge in [0.25, 0.3) is 0 Å². The number of likely N-dealkylation sites (N-methyl/N-ethyl adjacent to an activating group) is 1. The summed E-state index contributed by atoms with van der Waals surface area (Å²) in [6, 6.07) is 5.37. The molecule has 1 aromatic heterocycles. The van der Waals surface area contributed by atoms with Crippen LogP contribution >= 0.6 is 35.3 Å². The van der Waals surface area contributed by atoms with Gasteiger partial charge in [0.05, 0.1) is 12.6 Å². The average molecular weight is 563 g/mol. The van der Waals surface area contributed by atoms with Crippen LogP contribution in [-0.2, 0) is 0 Å². The van der Waals surface area contributed by atoms with Crippen LogP contribution in [0.4, 0.5) is 0 Å². The van der Waals surface area contributed by atoms with Gasteiger partial charge in [-0.15, -0.1) is 35.3 Å². The Morgan fingerprint density at radius 3 is 2.45 bits per heavy atom. The third kappa shape index (κ3) is 8.46. The van der Waals surface area contributed by atoms with E-state index in [4.69, 9.17) is 4.99 Å². The number of rotatable bonds is 8. The van der Waals surface area contributed by atoms with Gasteiger partial charge in [-0.2, -0.15) is 0 Å². The van der Waals surface area contributed by atoms with Crippen molar-refractivity contribution in [1.29, 1.82) is 0 Å². The Labute approximate surface area is 210 Å². The van der Waals surface area contributed by atoms with Crippen LogP contribution in [0.25, 0.3) is 0 Å². The van der Waals surface area contributed by atoms with Gasteiger partial charge in [0.2, 0.25) is 0 Å². The van der Waals surface area contributed by atoms with Crippen molar-refractivity contribution in [3.05, 3.63) is 22.4 Å². The van der Waals surface area contributed by atoms with E-state index in [1.807, 2.05) is 11.3 Å². The van der Waals surface area contributed by atoms with Crippen molar-refractivity contribution in [2.75, 3.05) is 66.0 Å². The summed E-state index contributed by atoms with van der Waals surface area (Å²) in [6.45, 7) is 16.5. The fourth-order valence-corrected chi connectivity index (χ4v) is 5.23. The first kappa shape index (κ1) is 26.8. The van der Waals surface area contributed by atoms with Crippen LogP contribution in [0.3, 0.4) is 0 Å². The van der Waals surface area contributed by atoms with Crippen LogP contribution < -0.4 is 10.6 Å². The lowest BCUT2D eigenvalue weighted by Crippen LogP contribution is -2.49. The van der Waals surface area contributed by atoms with E-state index in [0.29, 0.717) is 12.1 Å². The van der Waals surface area contributed by atoms with Crippen molar-refractivity contribution in [1.82, 2.24) is 25.3 Å². The minimum absolute atomic E-state index is 0. The summed E-state index contributed by atoms with van der Waals surface area (Å²) in [5, 5.41) is 9.32. The van der Waals surface area contributed by atoms with E-state index in [2.05, 4.69) is 70.7 Å². The molecule has 0 amide bonds.